The Balaban J connectivity index is 2.07. The second-order valence-electron chi connectivity index (χ2n) is 4.17. The monoisotopic (exact) mass is 242 g/mol. The molecular formula is C15H18N2O. The van der Waals surface area contributed by atoms with Crippen molar-refractivity contribution in [2.75, 3.05) is 6.54 Å². The van der Waals surface area contributed by atoms with Crippen molar-refractivity contribution in [3.63, 3.8) is 0 Å². The molecule has 1 heterocycles. The van der Waals surface area contributed by atoms with Crippen LogP contribution in [0.25, 0.3) is 0 Å². The third-order valence-electron chi connectivity index (χ3n) is 2.87. The van der Waals surface area contributed by atoms with Crippen molar-refractivity contribution in [3.05, 3.63) is 66.0 Å². The van der Waals surface area contributed by atoms with E-state index in [1.807, 2.05) is 43.3 Å². The molecule has 2 rings (SSSR count). The zero-order valence-corrected chi connectivity index (χ0v) is 10.5. The number of ether oxygens (including phenoxy) is 1. The molecule has 3 heteroatoms. The third-order valence-corrected chi connectivity index (χ3v) is 2.87. The molecule has 3 nitrogen and oxygen atoms in total. The summed E-state index contributed by atoms with van der Waals surface area (Å²) in [6.07, 6.45) is 1.59. The van der Waals surface area contributed by atoms with Gasteiger partial charge in [0.2, 0.25) is 0 Å². The van der Waals surface area contributed by atoms with E-state index >= 15 is 0 Å². The van der Waals surface area contributed by atoms with E-state index in [0.29, 0.717) is 6.54 Å². The lowest BCUT2D eigenvalue weighted by Gasteiger charge is -2.21. The summed E-state index contributed by atoms with van der Waals surface area (Å²) in [7, 11) is 0. The number of aromatic nitrogens is 1. The highest BCUT2D eigenvalue weighted by atomic mass is 16.5. The number of hydrogen-bond donors (Lipinski definition) is 1. The Morgan fingerprint density at radius 2 is 1.83 bits per heavy atom. The van der Waals surface area contributed by atoms with Crippen molar-refractivity contribution < 1.29 is 4.74 Å². The standard InChI is InChI=1S/C15H18N2O/c1-12(13-7-3-2-4-8-13)18-15(11-16)14-9-5-6-10-17-14/h2-10,12,15H,11,16H2,1H3. The maximum absolute atomic E-state index is 5.98. The van der Waals surface area contributed by atoms with Crippen molar-refractivity contribution in [1.29, 1.82) is 0 Å². The van der Waals surface area contributed by atoms with E-state index in [4.69, 9.17) is 10.5 Å². The largest absolute Gasteiger partial charge is 0.363 e. The average Bonchev–Trinajstić information content (AvgIpc) is 2.46. The normalized spacial score (nSPS) is 14.1. The van der Waals surface area contributed by atoms with E-state index in [2.05, 4.69) is 17.1 Å². The van der Waals surface area contributed by atoms with Crippen LogP contribution < -0.4 is 5.73 Å². The summed E-state index contributed by atoms with van der Waals surface area (Å²) in [5, 5.41) is 0. The van der Waals surface area contributed by atoms with Crippen LogP contribution in [0.4, 0.5) is 0 Å². The van der Waals surface area contributed by atoms with Crippen LogP contribution in [0, 0.1) is 0 Å². The van der Waals surface area contributed by atoms with Crippen LogP contribution in [0.1, 0.15) is 30.4 Å². The van der Waals surface area contributed by atoms with Crippen molar-refractivity contribution >= 4 is 0 Å². The number of benzene rings is 1. The molecule has 0 spiro atoms. The van der Waals surface area contributed by atoms with Crippen LogP contribution in [0.5, 0.6) is 0 Å². The van der Waals surface area contributed by atoms with Crippen LogP contribution in [-0.4, -0.2) is 11.5 Å². The van der Waals surface area contributed by atoms with Crippen molar-refractivity contribution in [3.8, 4) is 0 Å². The first kappa shape index (κ1) is 12.7. The highest BCUT2D eigenvalue weighted by Gasteiger charge is 2.15. The van der Waals surface area contributed by atoms with Gasteiger partial charge in [-0.25, -0.2) is 0 Å². The lowest BCUT2D eigenvalue weighted by atomic mass is 10.1. The lowest BCUT2D eigenvalue weighted by molar-refractivity contribution is -0.00206. The summed E-state index contributed by atoms with van der Waals surface area (Å²) < 4.78 is 5.98. The van der Waals surface area contributed by atoms with Gasteiger partial charge in [0.1, 0.15) is 6.10 Å². The van der Waals surface area contributed by atoms with E-state index in [0.717, 1.165) is 11.3 Å². The maximum Gasteiger partial charge on any atom is 0.112 e. The molecule has 0 radical (unpaired) electrons. The fourth-order valence-electron chi connectivity index (χ4n) is 1.86. The van der Waals surface area contributed by atoms with Gasteiger partial charge in [-0.3, -0.25) is 4.98 Å². The second-order valence-corrected chi connectivity index (χ2v) is 4.17. The molecule has 18 heavy (non-hydrogen) atoms. The molecule has 0 bridgehead atoms. The Bertz CT molecular complexity index is 458. The molecule has 2 N–H and O–H groups in total. The fourth-order valence-corrected chi connectivity index (χ4v) is 1.86. The van der Waals surface area contributed by atoms with Gasteiger partial charge in [0.15, 0.2) is 0 Å². The molecule has 1 aromatic carbocycles. The number of rotatable bonds is 5. The topological polar surface area (TPSA) is 48.1 Å². The summed E-state index contributed by atoms with van der Waals surface area (Å²) in [5.41, 5.74) is 7.79. The van der Waals surface area contributed by atoms with Gasteiger partial charge in [-0.05, 0) is 24.6 Å². The molecule has 0 aliphatic carbocycles. The van der Waals surface area contributed by atoms with E-state index in [9.17, 15) is 0 Å². The summed E-state index contributed by atoms with van der Waals surface area (Å²) in [5.74, 6) is 0. The summed E-state index contributed by atoms with van der Waals surface area (Å²) in [6, 6.07) is 15.9. The van der Waals surface area contributed by atoms with Gasteiger partial charge in [-0.2, -0.15) is 0 Å². The Morgan fingerprint density at radius 1 is 1.11 bits per heavy atom. The molecule has 0 fully saturated rings. The van der Waals surface area contributed by atoms with Crippen LogP contribution in [0.15, 0.2) is 54.7 Å². The quantitative estimate of drug-likeness (QED) is 0.877. The molecule has 2 unspecified atom stereocenters. The van der Waals surface area contributed by atoms with Crippen LogP contribution in [0.2, 0.25) is 0 Å². The molecule has 0 aliphatic rings. The minimum Gasteiger partial charge on any atom is -0.363 e. The van der Waals surface area contributed by atoms with Gasteiger partial charge in [-0.1, -0.05) is 36.4 Å². The van der Waals surface area contributed by atoms with Crippen molar-refractivity contribution in [2.24, 2.45) is 5.73 Å². The molecule has 2 atom stereocenters. The Labute approximate surface area is 108 Å². The minimum atomic E-state index is -0.165. The van der Waals surface area contributed by atoms with Crippen molar-refractivity contribution in [2.45, 2.75) is 19.1 Å². The molecule has 94 valence electrons. The smallest absolute Gasteiger partial charge is 0.112 e. The number of nitrogens with two attached hydrogens (primary N) is 1. The molecule has 0 amide bonds. The molecular weight excluding hydrogens is 224 g/mol. The van der Waals surface area contributed by atoms with Gasteiger partial charge >= 0.3 is 0 Å². The summed E-state index contributed by atoms with van der Waals surface area (Å²) >= 11 is 0. The molecule has 0 saturated heterocycles. The molecule has 2 aromatic rings. The van der Waals surface area contributed by atoms with Crippen molar-refractivity contribution in [1.82, 2.24) is 4.98 Å². The van der Waals surface area contributed by atoms with Gasteiger partial charge in [0, 0.05) is 12.7 Å². The lowest BCUT2D eigenvalue weighted by Crippen LogP contribution is -2.18. The highest BCUT2D eigenvalue weighted by Crippen LogP contribution is 2.24. The van der Waals surface area contributed by atoms with E-state index in [1.165, 1.54) is 0 Å². The van der Waals surface area contributed by atoms with E-state index in [1.54, 1.807) is 6.20 Å². The Hall–Kier alpha value is -1.71. The predicted octanol–water partition coefficient (Wildman–Crippen LogP) is 2.86. The molecule has 1 aromatic heterocycles. The first-order valence-electron chi connectivity index (χ1n) is 6.12. The third kappa shape index (κ3) is 3.15. The Morgan fingerprint density at radius 3 is 2.44 bits per heavy atom. The Kier molecular flexibility index (Phi) is 4.45. The predicted molar refractivity (Wildman–Crippen MR) is 72.0 cm³/mol. The van der Waals surface area contributed by atoms with Gasteiger partial charge in [-0.15, -0.1) is 0 Å². The molecule has 0 saturated carbocycles. The first-order valence-corrected chi connectivity index (χ1v) is 6.12. The SMILES string of the molecule is CC(OC(CN)c1ccccn1)c1ccccc1. The summed E-state index contributed by atoms with van der Waals surface area (Å²) in [6.45, 7) is 2.45. The molecule has 0 aliphatic heterocycles. The fraction of sp³-hybridized carbons (Fsp3) is 0.267. The van der Waals surface area contributed by atoms with Gasteiger partial charge in [0.05, 0.1) is 11.8 Å². The van der Waals surface area contributed by atoms with Gasteiger partial charge < -0.3 is 10.5 Å². The minimum absolute atomic E-state index is 0.00163. The highest BCUT2D eigenvalue weighted by molar-refractivity contribution is 5.17. The van der Waals surface area contributed by atoms with Crippen LogP contribution in [0.3, 0.4) is 0 Å². The average molecular weight is 242 g/mol. The first-order chi connectivity index (χ1) is 8.81. The van der Waals surface area contributed by atoms with Crippen LogP contribution >= 0.6 is 0 Å². The second kappa shape index (κ2) is 6.28. The number of nitrogens with zero attached hydrogens (tertiary/aromatic N) is 1. The zero-order valence-electron chi connectivity index (χ0n) is 10.5. The number of hydrogen-bond acceptors (Lipinski definition) is 3. The van der Waals surface area contributed by atoms with E-state index in [-0.39, 0.29) is 12.2 Å². The number of pyridine rings is 1. The van der Waals surface area contributed by atoms with Gasteiger partial charge in [0.25, 0.3) is 0 Å². The maximum atomic E-state index is 5.98. The zero-order chi connectivity index (χ0) is 12.8. The van der Waals surface area contributed by atoms with E-state index < -0.39 is 0 Å². The summed E-state index contributed by atoms with van der Waals surface area (Å²) in [4.78, 5) is 4.29. The van der Waals surface area contributed by atoms with Crippen LogP contribution in [-0.2, 0) is 4.74 Å².